The van der Waals surface area contributed by atoms with Crippen LogP contribution in [0.25, 0.3) is 0 Å². The third-order valence-electron chi connectivity index (χ3n) is 6.07. The molecule has 25 heavy (non-hydrogen) atoms. The Balaban J connectivity index is 1.60. The van der Waals surface area contributed by atoms with Crippen molar-refractivity contribution in [1.29, 1.82) is 0 Å². The minimum Gasteiger partial charge on any atom is -0.496 e. The number of hydrogen-bond donors (Lipinski definition) is 1. The van der Waals surface area contributed by atoms with Crippen molar-refractivity contribution in [2.45, 2.75) is 51.8 Å². The molecule has 4 unspecified atom stereocenters. The van der Waals surface area contributed by atoms with Crippen molar-refractivity contribution in [1.82, 2.24) is 10.2 Å². The Morgan fingerprint density at radius 3 is 2.88 bits per heavy atom. The minimum atomic E-state index is -0.00850. The Morgan fingerprint density at radius 1 is 1.44 bits per heavy atom. The average Bonchev–Trinajstić information content (AvgIpc) is 3.06. The highest BCUT2D eigenvalue weighted by molar-refractivity contribution is 5.75. The number of carbonyl (C=O) groups is 1. The lowest BCUT2D eigenvalue weighted by Crippen LogP contribution is -2.68. The summed E-state index contributed by atoms with van der Waals surface area (Å²) in [6, 6.07) is 8.23. The molecule has 2 fully saturated rings. The van der Waals surface area contributed by atoms with Gasteiger partial charge in [-0.25, -0.2) is 4.79 Å². The van der Waals surface area contributed by atoms with Crippen molar-refractivity contribution >= 4 is 6.03 Å². The first-order valence-corrected chi connectivity index (χ1v) is 9.13. The van der Waals surface area contributed by atoms with E-state index in [1.807, 2.05) is 25.2 Å². The first-order chi connectivity index (χ1) is 11.9. The maximum atomic E-state index is 12.8. The third-order valence-corrected chi connectivity index (χ3v) is 6.07. The molecule has 4 atom stereocenters. The summed E-state index contributed by atoms with van der Waals surface area (Å²) in [5.74, 6) is 1.33. The maximum Gasteiger partial charge on any atom is 0.317 e. The molecule has 2 aliphatic rings. The second-order valence-electron chi connectivity index (χ2n) is 7.97. The number of methoxy groups -OCH3 is 1. The number of benzene rings is 1. The van der Waals surface area contributed by atoms with Crippen molar-refractivity contribution in [3.8, 4) is 5.75 Å². The smallest absolute Gasteiger partial charge is 0.317 e. The molecule has 1 aromatic rings. The van der Waals surface area contributed by atoms with E-state index in [1.165, 1.54) is 0 Å². The molecule has 0 spiro atoms. The third kappa shape index (κ3) is 3.22. The molecule has 0 radical (unpaired) electrons. The van der Waals surface area contributed by atoms with Crippen LogP contribution in [-0.2, 0) is 11.2 Å². The first-order valence-electron chi connectivity index (χ1n) is 9.13. The summed E-state index contributed by atoms with van der Waals surface area (Å²) in [6.07, 6.45) is 2.09. The molecule has 1 aliphatic heterocycles. The topological polar surface area (TPSA) is 50.8 Å². The normalized spacial score (nSPS) is 27.8. The van der Waals surface area contributed by atoms with Crippen LogP contribution in [0.5, 0.6) is 5.75 Å². The molecular formula is C20H30N2O3. The second-order valence-corrected chi connectivity index (χ2v) is 7.97. The van der Waals surface area contributed by atoms with Gasteiger partial charge in [0.1, 0.15) is 5.75 Å². The zero-order valence-electron chi connectivity index (χ0n) is 15.9. The average molecular weight is 346 g/mol. The van der Waals surface area contributed by atoms with Crippen LogP contribution in [0.3, 0.4) is 0 Å². The van der Waals surface area contributed by atoms with Crippen molar-refractivity contribution < 1.29 is 14.3 Å². The van der Waals surface area contributed by atoms with Gasteiger partial charge < -0.3 is 19.7 Å². The molecule has 1 aliphatic carbocycles. The lowest BCUT2D eigenvalue weighted by atomic mass is 9.57. The fourth-order valence-corrected chi connectivity index (χ4v) is 4.38. The first kappa shape index (κ1) is 18.1. The molecule has 2 amide bonds. The van der Waals surface area contributed by atoms with E-state index in [4.69, 9.17) is 9.47 Å². The summed E-state index contributed by atoms with van der Waals surface area (Å²) in [5.41, 5.74) is 1.12. The molecule has 5 heteroatoms. The van der Waals surface area contributed by atoms with E-state index >= 15 is 0 Å². The predicted molar refractivity (Wildman–Crippen MR) is 97.9 cm³/mol. The zero-order valence-corrected chi connectivity index (χ0v) is 15.9. The number of amides is 2. The number of rotatable bonds is 5. The summed E-state index contributed by atoms with van der Waals surface area (Å²) >= 11 is 0. The van der Waals surface area contributed by atoms with Gasteiger partial charge in [0.05, 0.1) is 13.2 Å². The van der Waals surface area contributed by atoms with Crippen LogP contribution in [0.4, 0.5) is 4.79 Å². The van der Waals surface area contributed by atoms with Gasteiger partial charge in [0.2, 0.25) is 0 Å². The molecule has 1 heterocycles. The molecule has 5 nitrogen and oxygen atoms in total. The van der Waals surface area contributed by atoms with Crippen LogP contribution >= 0.6 is 0 Å². The molecule has 1 aromatic carbocycles. The van der Waals surface area contributed by atoms with E-state index in [1.54, 1.807) is 12.0 Å². The van der Waals surface area contributed by atoms with E-state index < -0.39 is 0 Å². The Bertz CT molecular complexity index is 631. The maximum absolute atomic E-state index is 12.8. The highest BCUT2D eigenvalue weighted by Crippen LogP contribution is 2.52. The monoisotopic (exact) mass is 346 g/mol. The number of nitrogens with one attached hydrogen (secondary N) is 1. The molecule has 3 rings (SSSR count). The largest absolute Gasteiger partial charge is 0.496 e. The minimum absolute atomic E-state index is 0.00353. The predicted octanol–water partition coefficient (Wildman–Crippen LogP) is 3.08. The van der Waals surface area contributed by atoms with E-state index in [-0.39, 0.29) is 29.6 Å². The van der Waals surface area contributed by atoms with E-state index in [0.717, 1.165) is 30.8 Å². The van der Waals surface area contributed by atoms with Crippen LogP contribution in [0.1, 0.15) is 32.8 Å². The van der Waals surface area contributed by atoms with Crippen LogP contribution in [-0.4, -0.2) is 49.9 Å². The zero-order chi connectivity index (χ0) is 18.2. The van der Waals surface area contributed by atoms with Crippen molar-refractivity contribution in [2.75, 3.05) is 20.8 Å². The molecule has 1 saturated carbocycles. The lowest BCUT2D eigenvalue weighted by Gasteiger charge is -2.54. The van der Waals surface area contributed by atoms with Gasteiger partial charge >= 0.3 is 6.03 Å². The van der Waals surface area contributed by atoms with Crippen molar-refractivity contribution in [3.63, 3.8) is 0 Å². The Morgan fingerprint density at radius 2 is 2.16 bits per heavy atom. The number of hydrogen-bond acceptors (Lipinski definition) is 3. The number of nitrogens with zero attached hydrogens (tertiary/aromatic N) is 1. The van der Waals surface area contributed by atoms with Gasteiger partial charge in [-0.3, -0.25) is 0 Å². The highest BCUT2D eigenvalue weighted by Gasteiger charge is 2.59. The van der Waals surface area contributed by atoms with Crippen LogP contribution in [0.2, 0.25) is 0 Å². The quantitative estimate of drug-likeness (QED) is 0.891. The van der Waals surface area contributed by atoms with Gasteiger partial charge in [0.15, 0.2) is 0 Å². The SMILES string of the molecule is COc1ccccc1CC(C)N(C)C(=O)NC1C2CCOC2C1(C)C. The van der Waals surface area contributed by atoms with Crippen molar-refractivity contribution in [2.24, 2.45) is 11.3 Å². The van der Waals surface area contributed by atoms with Gasteiger partial charge in [0.25, 0.3) is 0 Å². The number of urea groups is 1. The summed E-state index contributed by atoms with van der Waals surface area (Å²) in [6.45, 7) is 7.25. The Labute approximate surface area is 150 Å². The number of likely N-dealkylation sites (N-methyl/N-ethyl adjacent to an activating group) is 1. The molecule has 1 saturated heterocycles. The number of carbonyl (C=O) groups excluding carboxylic acids is 1. The van der Waals surface area contributed by atoms with E-state index in [0.29, 0.717) is 5.92 Å². The summed E-state index contributed by atoms with van der Waals surface area (Å²) in [5, 5.41) is 3.25. The Kier molecular flexibility index (Phi) is 4.96. The highest BCUT2D eigenvalue weighted by atomic mass is 16.5. The molecule has 0 aromatic heterocycles. The number of fused-ring (bicyclic) bond motifs is 1. The molecule has 0 bridgehead atoms. The van der Waals surface area contributed by atoms with E-state index in [2.05, 4.69) is 32.2 Å². The molecular weight excluding hydrogens is 316 g/mol. The van der Waals surface area contributed by atoms with Gasteiger partial charge in [0, 0.05) is 37.1 Å². The Hall–Kier alpha value is -1.75. The van der Waals surface area contributed by atoms with Crippen LogP contribution < -0.4 is 10.1 Å². The summed E-state index contributed by atoms with van der Waals surface area (Å²) < 4.78 is 11.2. The lowest BCUT2D eigenvalue weighted by molar-refractivity contribution is -0.109. The molecule has 1 N–H and O–H groups in total. The van der Waals surface area contributed by atoms with Crippen molar-refractivity contribution in [3.05, 3.63) is 29.8 Å². The summed E-state index contributed by atoms with van der Waals surface area (Å²) in [7, 11) is 3.54. The summed E-state index contributed by atoms with van der Waals surface area (Å²) in [4.78, 5) is 14.5. The van der Waals surface area contributed by atoms with Gasteiger partial charge in [-0.15, -0.1) is 0 Å². The second kappa shape index (κ2) is 6.87. The van der Waals surface area contributed by atoms with Gasteiger partial charge in [-0.1, -0.05) is 32.0 Å². The van der Waals surface area contributed by atoms with Gasteiger partial charge in [-0.05, 0) is 31.4 Å². The van der Waals surface area contributed by atoms with Crippen LogP contribution in [0, 0.1) is 11.3 Å². The number of ether oxygens (including phenoxy) is 2. The van der Waals surface area contributed by atoms with Crippen LogP contribution in [0.15, 0.2) is 24.3 Å². The molecule has 138 valence electrons. The standard InChI is InChI=1S/C20H30N2O3/c1-13(12-14-8-6-7-9-16(14)24-5)22(4)19(23)21-17-15-10-11-25-18(15)20(17,2)3/h6-9,13,15,17-18H,10-12H2,1-5H3,(H,21,23). The van der Waals surface area contributed by atoms with Gasteiger partial charge in [-0.2, -0.15) is 0 Å². The fourth-order valence-electron chi connectivity index (χ4n) is 4.38. The number of para-hydroxylation sites is 1. The fraction of sp³-hybridized carbons (Fsp3) is 0.650. The van der Waals surface area contributed by atoms with E-state index in [9.17, 15) is 4.79 Å².